The van der Waals surface area contributed by atoms with E-state index in [1.807, 2.05) is 19.9 Å². The monoisotopic (exact) mass is 336 g/mol. The number of fused-ring (bicyclic) bond motifs is 3. The Kier molecular flexibility index (Phi) is 4.39. The van der Waals surface area contributed by atoms with Crippen molar-refractivity contribution in [1.82, 2.24) is 0 Å². The highest BCUT2D eigenvalue weighted by Crippen LogP contribution is 2.47. The summed E-state index contributed by atoms with van der Waals surface area (Å²) < 4.78 is 17.7. The van der Waals surface area contributed by atoms with E-state index in [0.717, 1.165) is 6.42 Å². The second-order valence-electron chi connectivity index (χ2n) is 8.08. The van der Waals surface area contributed by atoms with Crippen molar-refractivity contribution in [3.63, 3.8) is 0 Å². The quantitative estimate of drug-likeness (QED) is 0.488. The summed E-state index contributed by atoms with van der Waals surface area (Å²) in [6.07, 6.45) is 3.00. The minimum atomic E-state index is -1.29. The van der Waals surface area contributed by atoms with Gasteiger partial charge in [0.15, 0.2) is 5.79 Å². The van der Waals surface area contributed by atoms with Gasteiger partial charge in [-0.05, 0) is 37.8 Å². The highest BCUT2D eigenvalue weighted by Gasteiger charge is 2.53. The van der Waals surface area contributed by atoms with Crippen molar-refractivity contribution in [2.75, 3.05) is 6.61 Å². The molecule has 3 aliphatic rings. The Morgan fingerprint density at radius 1 is 1.46 bits per heavy atom. The Balaban J connectivity index is 1.99. The van der Waals surface area contributed by atoms with Crippen LogP contribution in [0.3, 0.4) is 0 Å². The Morgan fingerprint density at radius 2 is 2.17 bits per heavy atom. The van der Waals surface area contributed by atoms with Crippen LogP contribution < -0.4 is 0 Å². The van der Waals surface area contributed by atoms with Gasteiger partial charge in [-0.25, -0.2) is 4.79 Å². The number of carbonyl (C=O) groups excluding carboxylic acids is 1. The van der Waals surface area contributed by atoms with Crippen molar-refractivity contribution < 1.29 is 24.1 Å². The molecule has 3 rings (SSSR count). The van der Waals surface area contributed by atoms with Crippen molar-refractivity contribution in [3.8, 4) is 0 Å². The van der Waals surface area contributed by atoms with Crippen molar-refractivity contribution in [2.24, 2.45) is 11.8 Å². The summed E-state index contributed by atoms with van der Waals surface area (Å²) in [5.41, 5.74) is 0.645. The third kappa shape index (κ3) is 3.05. The Hall–Kier alpha value is -1.17. The second-order valence-corrected chi connectivity index (χ2v) is 8.08. The molecule has 0 aromatic rings. The molecule has 1 N–H and O–H groups in total. The smallest absolute Gasteiger partial charge is 0.334 e. The largest absolute Gasteiger partial charge is 0.454 e. The summed E-state index contributed by atoms with van der Waals surface area (Å²) in [5, 5.41) is 10.8. The topological polar surface area (TPSA) is 65.0 Å². The lowest BCUT2D eigenvalue weighted by Gasteiger charge is -2.33. The van der Waals surface area contributed by atoms with Crippen LogP contribution in [0.5, 0.6) is 0 Å². The van der Waals surface area contributed by atoms with Gasteiger partial charge in [0.2, 0.25) is 0 Å². The zero-order valence-corrected chi connectivity index (χ0v) is 15.0. The molecule has 2 bridgehead atoms. The first-order valence-corrected chi connectivity index (χ1v) is 8.76. The van der Waals surface area contributed by atoms with Gasteiger partial charge >= 0.3 is 5.97 Å². The van der Waals surface area contributed by atoms with Crippen molar-refractivity contribution in [1.29, 1.82) is 0 Å². The fourth-order valence-electron chi connectivity index (χ4n) is 3.95. The summed E-state index contributed by atoms with van der Waals surface area (Å²) in [4.78, 5) is 12.1. The molecule has 0 spiro atoms. The van der Waals surface area contributed by atoms with Gasteiger partial charge in [0, 0.05) is 25.0 Å². The fraction of sp³-hybridized carbons (Fsp3) is 0.737. The van der Waals surface area contributed by atoms with Crippen molar-refractivity contribution in [3.05, 3.63) is 23.8 Å². The summed E-state index contributed by atoms with van der Waals surface area (Å²) in [5.74, 6) is -1.52. The maximum atomic E-state index is 12.1. The van der Waals surface area contributed by atoms with Crippen LogP contribution in [0.15, 0.2) is 23.8 Å². The molecular formula is C19H28O5. The molecule has 2 fully saturated rings. The lowest BCUT2D eigenvalue weighted by molar-refractivity contribution is -0.203. The zero-order chi connectivity index (χ0) is 17.7. The first kappa shape index (κ1) is 17.6. The number of esters is 1. The Labute approximate surface area is 143 Å². The van der Waals surface area contributed by atoms with Crippen LogP contribution in [0.1, 0.15) is 47.0 Å². The predicted octanol–water partition coefficient (Wildman–Crippen LogP) is 2.73. The van der Waals surface area contributed by atoms with E-state index in [2.05, 4.69) is 20.4 Å². The molecular weight excluding hydrogens is 308 g/mol. The average Bonchev–Trinajstić information content (AvgIpc) is 2.94. The van der Waals surface area contributed by atoms with Gasteiger partial charge in [-0.1, -0.05) is 20.4 Å². The number of carbonyl (C=O) groups is 1. The van der Waals surface area contributed by atoms with Crippen molar-refractivity contribution in [2.45, 2.75) is 70.6 Å². The summed E-state index contributed by atoms with van der Waals surface area (Å²) in [7, 11) is 0. The summed E-state index contributed by atoms with van der Waals surface area (Å²) in [6.45, 7) is 12.5. The number of ether oxygens (including phenoxy) is 3. The van der Waals surface area contributed by atoms with Gasteiger partial charge in [-0.3, -0.25) is 0 Å². The van der Waals surface area contributed by atoms with E-state index in [1.165, 1.54) is 0 Å². The third-order valence-electron chi connectivity index (χ3n) is 5.38. The molecule has 2 saturated heterocycles. The maximum absolute atomic E-state index is 12.1. The van der Waals surface area contributed by atoms with Crippen LogP contribution in [-0.2, 0) is 19.0 Å². The van der Waals surface area contributed by atoms with E-state index < -0.39 is 17.5 Å². The minimum Gasteiger partial charge on any atom is -0.454 e. The van der Waals surface area contributed by atoms with Gasteiger partial charge in [0.05, 0.1) is 17.6 Å². The third-order valence-corrected chi connectivity index (χ3v) is 5.38. The molecule has 3 heterocycles. The molecule has 3 aliphatic heterocycles. The minimum absolute atomic E-state index is 0.231. The number of aliphatic hydroxyl groups is 1. The number of rotatable bonds is 3. The highest BCUT2D eigenvalue weighted by atomic mass is 16.6. The van der Waals surface area contributed by atoms with E-state index in [-0.39, 0.29) is 18.0 Å². The lowest BCUT2D eigenvalue weighted by atomic mass is 9.82. The maximum Gasteiger partial charge on any atom is 0.334 e. The van der Waals surface area contributed by atoms with Crippen LogP contribution in [0.2, 0.25) is 0 Å². The van der Waals surface area contributed by atoms with Gasteiger partial charge in [0.25, 0.3) is 0 Å². The SMILES string of the molecule is C=C1C(=O)O[C@@H]2/C=C(/C)[C@@]3(O)CC[C@@](C)(C[C@@H](OCC(C)C)[C@@H]12)O3. The van der Waals surface area contributed by atoms with Gasteiger partial charge < -0.3 is 19.3 Å². The van der Waals surface area contributed by atoms with Gasteiger partial charge in [-0.15, -0.1) is 0 Å². The first-order valence-electron chi connectivity index (χ1n) is 8.76. The summed E-state index contributed by atoms with van der Waals surface area (Å²) >= 11 is 0. The van der Waals surface area contributed by atoms with E-state index in [1.54, 1.807) is 0 Å². The lowest BCUT2D eigenvalue weighted by Crippen LogP contribution is -2.39. The predicted molar refractivity (Wildman–Crippen MR) is 89.1 cm³/mol. The number of hydrogen-bond acceptors (Lipinski definition) is 5. The molecule has 0 radical (unpaired) electrons. The highest BCUT2D eigenvalue weighted by molar-refractivity contribution is 5.91. The van der Waals surface area contributed by atoms with E-state index >= 15 is 0 Å². The molecule has 5 atom stereocenters. The first-order chi connectivity index (χ1) is 11.1. The molecule has 0 aromatic carbocycles. The zero-order valence-electron chi connectivity index (χ0n) is 15.0. The Bertz CT molecular complexity index is 580. The standard InChI is InChI=1S/C19H28O5/c1-11(2)10-22-15-9-18(5)6-7-19(21,24-18)12(3)8-14-16(15)13(4)17(20)23-14/h8,11,14-16,21H,4,6-7,9-10H2,1-3,5H3/b12-8-/t14-,15-,16+,18+,19-/m1/s1. The van der Waals surface area contributed by atoms with E-state index in [4.69, 9.17) is 14.2 Å². The van der Waals surface area contributed by atoms with Crippen LogP contribution >= 0.6 is 0 Å². The molecule has 0 saturated carbocycles. The van der Waals surface area contributed by atoms with Gasteiger partial charge in [-0.2, -0.15) is 0 Å². The normalized spacial score (nSPS) is 44.4. The molecule has 0 unspecified atom stereocenters. The second kappa shape index (κ2) is 5.97. The van der Waals surface area contributed by atoms with Crippen molar-refractivity contribution >= 4 is 5.97 Å². The molecule has 0 aromatic heterocycles. The Morgan fingerprint density at radius 3 is 2.83 bits per heavy atom. The molecule has 0 amide bonds. The van der Waals surface area contributed by atoms with E-state index in [9.17, 15) is 9.90 Å². The van der Waals surface area contributed by atoms with Crippen LogP contribution in [0.4, 0.5) is 0 Å². The van der Waals surface area contributed by atoms with Crippen LogP contribution in [0.25, 0.3) is 0 Å². The molecule has 0 aliphatic carbocycles. The number of hydrogen-bond donors (Lipinski definition) is 1. The van der Waals surface area contributed by atoms with Crippen LogP contribution in [0, 0.1) is 11.8 Å². The molecule has 24 heavy (non-hydrogen) atoms. The molecule has 5 nitrogen and oxygen atoms in total. The average molecular weight is 336 g/mol. The summed E-state index contributed by atoms with van der Waals surface area (Å²) in [6, 6.07) is 0. The van der Waals surface area contributed by atoms with Crippen LogP contribution in [-0.4, -0.2) is 41.3 Å². The van der Waals surface area contributed by atoms with E-state index in [0.29, 0.717) is 36.5 Å². The molecule has 134 valence electrons. The fourth-order valence-corrected chi connectivity index (χ4v) is 3.95. The molecule has 5 heteroatoms. The van der Waals surface area contributed by atoms with Gasteiger partial charge in [0.1, 0.15) is 6.10 Å².